The molecule has 3 fully saturated rings. The first-order valence-corrected chi connectivity index (χ1v) is 8.93. The summed E-state index contributed by atoms with van der Waals surface area (Å²) in [6.45, 7) is 7.82. The highest BCUT2D eigenvalue weighted by Crippen LogP contribution is 2.36. The monoisotopic (exact) mass is 280 g/mol. The summed E-state index contributed by atoms with van der Waals surface area (Å²) in [5.74, 6) is 1.70. The Labute approximate surface area is 124 Å². The van der Waals surface area contributed by atoms with E-state index in [4.69, 9.17) is 4.74 Å². The SMILES string of the molecule is CCNC1CCOCC1CN1CCCC2CCCCC21. The van der Waals surface area contributed by atoms with Crippen LogP contribution in [0.1, 0.15) is 51.9 Å². The van der Waals surface area contributed by atoms with E-state index in [-0.39, 0.29) is 0 Å². The molecule has 0 aromatic rings. The lowest BCUT2D eigenvalue weighted by molar-refractivity contribution is -0.0115. The number of fused-ring (bicyclic) bond motifs is 1. The second kappa shape index (κ2) is 7.24. The summed E-state index contributed by atoms with van der Waals surface area (Å²) >= 11 is 0. The number of hydrogen-bond acceptors (Lipinski definition) is 3. The van der Waals surface area contributed by atoms with Gasteiger partial charge in [-0.15, -0.1) is 0 Å². The minimum absolute atomic E-state index is 0.678. The van der Waals surface area contributed by atoms with E-state index in [2.05, 4.69) is 17.1 Å². The Morgan fingerprint density at radius 3 is 2.85 bits per heavy atom. The number of piperidine rings is 1. The maximum atomic E-state index is 5.77. The summed E-state index contributed by atoms with van der Waals surface area (Å²) in [7, 11) is 0. The number of nitrogens with zero attached hydrogens (tertiary/aromatic N) is 1. The molecule has 1 aliphatic carbocycles. The van der Waals surface area contributed by atoms with Crippen molar-refractivity contribution in [2.75, 3.05) is 32.8 Å². The molecular weight excluding hydrogens is 248 g/mol. The summed E-state index contributed by atoms with van der Waals surface area (Å²) < 4.78 is 5.77. The molecule has 20 heavy (non-hydrogen) atoms. The second-order valence-electron chi connectivity index (χ2n) is 7.04. The summed E-state index contributed by atoms with van der Waals surface area (Å²) in [6.07, 6.45) is 9.96. The van der Waals surface area contributed by atoms with Crippen molar-refractivity contribution in [3.05, 3.63) is 0 Å². The first-order valence-electron chi connectivity index (χ1n) is 8.93. The Kier molecular flexibility index (Phi) is 5.36. The van der Waals surface area contributed by atoms with E-state index >= 15 is 0 Å². The van der Waals surface area contributed by atoms with E-state index in [9.17, 15) is 0 Å². The van der Waals surface area contributed by atoms with Gasteiger partial charge in [-0.2, -0.15) is 0 Å². The highest BCUT2D eigenvalue weighted by atomic mass is 16.5. The average molecular weight is 280 g/mol. The molecule has 2 heterocycles. The van der Waals surface area contributed by atoms with E-state index in [1.807, 2.05) is 0 Å². The molecule has 0 amide bonds. The zero-order valence-corrected chi connectivity index (χ0v) is 13.2. The number of hydrogen-bond donors (Lipinski definition) is 1. The van der Waals surface area contributed by atoms with Crippen molar-refractivity contribution in [2.45, 2.75) is 64.0 Å². The molecule has 3 heteroatoms. The molecule has 0 radical (unpaired) electrons. The topological polar surface area (TPSA) is 24.5 Å². The highest BCUT2D eigenvalue weighted by molar-refractivity contribution is 4.90. The molecule has 1 N–H and O–H groups in total. The van der Waals surface area contributed by atoms with Gasteiger partial charge in [0.15, 0.2) is 0 Å². The molecule has 2 aliphatic heterocycles. The van der Waals surface area contributed by atoms with Gasteiger partial charge in [0.25, 0.3) is 0 Å². The zero-order valence-electron chi connectivity index (χ0n) is 13.2. The van der Waals surface area contributed by atoms with E-state index in [0.29, 0.717) is 12.0 Å². The Hall–Kier alpha value is -0.120. The van der Waals surface area contributed by atoms with Gasteiger partial charge in [-0.3, -0.25) is 4.90 Å². The van der Waals surface area contributed by atoms with Crippen LogP contribution in [-0.2, 0) is 4.74 Å². The Morgan fingerprint density at radius 2 is 1.95 bits per heavy atom. The standard InChI is InChI=1S/C17H32N2O/c1-2-18-16-9-11-20-13-15(16)12-19-10-5-7-14-6-3-4-8-17(14)19/h14-18H,2-13H2,1H3. The quantitative estimate of drug-likeness (QED) is 0.857. The fraction of sp³-hybridized carbons (Fsp3) is 1.00. The summed E-state index contributed by atoms with van der Waals surface area (Å²) in [6, 6.07) is 1.57. The molecule has 4 unspecified atom stereocenters. The molecule has 0 aromatic carbocycles. The minimum Gasteiger partial charge on any atom is -0.381 e. The van der Waals surface area contributed by atoms with Crippen molar-refractivity contribution in [3.8, 4) is 0 Å². The Bertz CT molecular complexity index is 293. The molecule has 0 aromatic heterocycles. The van der Waals surface area contributed by atoms with Gasteiger partial charge in [-0.25, -0.2) is 0 Å². The number of nitrogens with one attached hydrogen (secondary N) is 1. The maximum Gasteiger partial charge on any atom is 0.0521 e. The average Bonchev–Trinajstić information content (AvgIpc) is 2.50. The lowest BCUT2D eigenvalue weighted by Gasteiger charge is -2.46. The lowest BCUT2D eigenvalue weighted by Crippen LogP contribution is -2.53. The maximum absolute atomic E-state index is 5.77. The number of ether oxygens (including phenoxy) is 1. The molecule has 116 valence electrons. The third-order valence-corrected chi connectivity index (χ3v) is 5.77. The Balaban J connectivity index is 1.59. The van der Waals surface area contributed by atoms with Gasteiger partial charge in [0.2, 0.25) is 0 Å². The van der Waals surface area contributed by atoms with Crippen molar-refractivity contribution in [3.63, 3.8) is 0 Å². The van der Waals surface area contributed by atoms with Crippen molar-refractivity contribution in [1.82, 2.24) is 10.2 Å². The van der Waals surface area contributed by atoms with E-state index in [0.717, 1.165) is 31.7 Å². The third-order valence-electron chi connectivity index (χ3n) is 5.77. The molecule has 4 atom stereocenters. The normalized spacial score (nSPS) is 39.5. The number of likely N-dealkylation sites (tertiary alicyclic amines) is 1. The van der Waals surface area contributed by atoms with Crippen LogP contribution in [0.3, 0.4) is 0 Å². The molecule has 2 saturated heterocycles. The molecule has 3 nitrogen and oxygen atoms in total. The molecule has 0 spiro atoms. The van der Waals surface area contributed by atoms with Gasteiger partial charge in [0, 0.05) is 31.2 Å². The van der Waals surface area contributed by atoms with Crippen LogP contribution in [-0.4, -0.2) is 49.8 Å². The van der Waals surface area contributed by atoms with Gasteiger partial charge in [-0.05, 0) is 51.1 Å². The summed E-state index contributed by atoms with van der Waals surface area (Å²) in [4.78, 5) is 2.83. The van der Waals surface area contributed by atoms with Crippen LogP contribution in [0.2, 0.25) is 0 Å². The van der Waals surface area contributed by atoms with E-state index in [1.54, 1.807) is 0 Å². The first kappa shape index (κ1) is 14.8. The van der Waals surface area contributed by atoms with Gasteiger partial charge in [0.1, 0.15) is 0 Å². The molecule has 1 saturated carbocycles. The van der Waals surface area contributed by atoms with Gasteiger partial charge >= 0.3 is 0 Å². The van der Waals surface area contributed by atoms with Crippen LogP contribution >= 0.6 is 0 Å². The van der Waals surface area contributed by atoms with Crippen LogP contribution in [0.25, 0.3) is 0 Å². The van der Waals surface area contributed by atoms with Crippen molar-refractivity contribution >= 4 is 0 Å². The van der Waals surface area contributed by atoms with E-state index in [1.165, 1.54) is 58.0 Å². The molecular formula is C17H32N2O. The first-order chi connectivity index (χ1) is 9.88. The lowest BCUT2D eigenvalue weighted by atomic mass is 9.77. The second-order valence-corrected chi connectivity index (χ2v) is 7.04. The van der Waals surface area contributed by atoms with Gasteiger partial charge in [0.05, 0.1) is 6.61 Å². The van der Waals surface area contributed by atoms with Crippen LogP contribution in [0.15, 0.2) is 0 Å². The van der Waals surface area contributed by atoms with Gasteiger partial charge < -0.3 is 10.1 Å². The van der Waals surface area contributed by atoms with Crippen LogP contribution < -0.4 is 5.32 Å². The zero-order chi connectivity index (χ0) is 13.8. The highest BCUT2D eigenvalue weighted by Gasteiger charge is 2.36. The van der Waals surface area contributed by atoms with Crippen molar-refractivity contribution in [2.24, 2.45) is 11.8 Å². The van der Waals surface area contributed by atoms with Gasteiger partial charge in [-0.1, -0.05) is 19.8 Å². The largest absolute Gasteiger partial charge is 0.381 e. The van der Waals surface area contributed by atoms with Crippen molar-refractivity contribution < 1.29 is 4.74 Å². The molecule has 0 bridgehead atoms. The van der Waals surface area contributed by atoms with Crippen molar-refractivity contribution in [1.29, 1.82) is 0 Å². The third kappa shape index (κ3) is 3.37. The fourth-order valence-electron chi connectivity index (χ4n) is 4.76. The predicted molar refractivity (Wildman–Crippen MR) is 82.9 cm³/mol. The number of rotatable bonds is 4. The van der Waals surface area contributed by atoms with Crippen LogP contribution in [0, 0.1) is 11.8 Å². The fourth-order valence-corrected chi connectivity index (χ4v) is 4.76. The Morgan fingerprint density at radius 1 is 1.10 bits per heavy atom. The minimum atomic E-state index is 0.678. The summed E-state index contributed by atoms with van der Waals surface area (Å²) in [5, 5.41) is 3.69. The molecule has 3 rings (SSSR count). The smallest absolute Gasteiger partial charge is 0.0521 e. The summed E-state index contributed by atoms with van der Waals surface area (Å²) in [5.41, 5.74) is 0. The van der Waals surface area contributed by atoms with Crippen LogP contribution in [0.5, 0.6) is 0 Å². The predicted octanol–water partition coefficient (Wildman–Crippen LogP) is 2.66. The van der Waals surface area contributed by atoms with Crippen LogP contribution in [0.4, 0.5) is 0 Å². The van der Waals surface area contributed by atoms with E-state index < -0.39 is 0 Å². The molecule has 3 aliphatic rings.